The Balaban J connectivity index is 1.47. The second kappa shape index (κ2) is 7.24. The van der Waals surface area contributed by atoms with Crippen LogP contribution in [0, 0.1) is 0 Å². The average Bonchev–Trinajstić information content (AvgIpc) is 3.43. The van der Waals surface area contributed by atoms with E-state index in [0.717, 1.165) is 18.4 Å². The van der Waals surface area contributed by atoms with E-state index in [1.165, 1.54) is 5.56 Å². The Morgan fingerprint density at radius 2 is 1.63 bits per heavy atom. The molecule has 0 aliphatic heterocycles. The zero-order chi connectivity index (χ0) is 21.5. The highest BCUT2D eigenvalue weighted by Crippen LogP contribution is 2.49. The van der Waals surface area contributed by atoms with Gasteiger partial charge in [-0.15, -0.1) is 0 Å². The van der Waals surface area contributed by atoms with Gasteiger partial charge in [0.1, 0.15) is 0 Å². The topological polar surface area (TPSA) is 64.0 Å². The molecule has 1 aliphatic carbocycles. The number of amides is 1. The molecule has 1 saturated carbocycles. The summed E-state index contributed by atoms with van der Waals surface area (Å²) in [6.07, 6.45) is 5.04. The lowest BCUT2D eigenvalue weighted by Gasteiger charge is -2.21. The van der Waals surface area contributed by atoms with E-state index in [2.05, 4.69) is 55.3 Å². The van der Waals surface area contributed by atoms with Gasteiger partial charge in [0.15, 0.2) is 5.82 Å². The van der Waals surface area contributed by atoms with Gasteiger partial charge in [-0.05, 0) is 53.6 Å². The number of carbonyl (C=O) groups is 2. The molecule has 5 heteroatoms. The molecule has 1 aliphatic rings. The van der Waals surface area contributed by atoms with Crippen molar-refractivity contribution in [2.75, 3.05) is 5.32 Å². The van der Waals surface area contributed by atoms with Gasteiger partial charge in [-0.1, -0.05) is 45.0 Å². The van der Waals surface area contributed by atoms with Crippen LogP contribution in [0.15, 0.2) is 60.9 Å². The van der Waals surface area contributed by atoms with Crippen molar-refractivity contribution in [3.8, 4) is 0 Å². The van der Waals surface area contributed by atoms with Crippen molar-refractivity contribution in [1.29, 1.82) is 0 Å². The first kappa shape index (κ1) is 20.1. The second-order valence-electron chi connectivity index (χ2n) is 9.13. The van der Waals surface area contributed by atoms with Gasteiger partial charge >= 0.3 is 0 Å². The SMILES string of the molecule is Cn1ccnc1C(=O)c1ccc(NC(=O)C2(c3ccc(C(C)(C)C)cc3)CC2)cc1. The van der Waals surface area contributed by atoms with Crippen LogP contribution in [0.2, 0.25) is 0 Å². The molecule has 4 rings (SSSR count). The largest absolute Gasteiger partial charge is 0.331 e. The van der Waals surface area contributed by atoms with Crippen molar-refractivity contribution >= 4 is 17.4 Å². The van der Waals surface area contributed by atoms with E-state index in [4.69, 9.17) is 0 Å². The lowest BCUT2D eigenvalue weighted by atomic mass is 9.85. The molecule has 0 spiro atoms. The lowest BCUT2D eigenvalue weighted by Crippen LogP contribution is -2.28. The molecule has 1 fully saturated rings. The van der Waals surface area contributed by atoms with Crippen LogP contribution < -0.4 is 5.32 Å². The van der Waals surface area contributed by atoms with Crippen LogP contribution in [0.4, 0.5) is 5.69 Å². The minimum absolute atomic E-state index is 0.00851. The fourth-order valence-corrected chi connectivity index (χ4v) is 3.73. The minimum atomic E-state index is -0.447. The Hall–Kier alpha value is -3.21. The summed E-state index contributed by atoms with van der Waals surface area (Å²) in [7, 11) is 1.79. The molecule has 0 unspecified atom stereocenters. The normalized spacial score (nSPS) is 14.9. The summed E-state index contributed by atoms with van der Waals surface area (Å²) in [5.41, 5.74) is 3.20. The van der Waals surface area contributed by atoms with Crippen molar-refractivity contribution in [1.82, 2.24) is 9.55 Å². The molecule has 0 radical (unpaired) electrons. The first-order valence-electron chi connectivity index (χ1n) is 10.3. The van der Waals surface area contributed by atoms with Gasteiger partial charge in [0.2, 0.25) is 11.7 Å². The molecular formula is C25H27N3O2. The number of aryl methyl sites for hydroxylation is 1. The maximum atomic E-state index is 13.0. The number of ketones is 1. The Morgan fingerprint density at radius 3 is 2.13 bits per heavy atom. The van der Waals surface area contributed by atoms with Gasteiger partial charge in [0, 0.05) is 30.7 Å². The van der Waals surface area contributed by atoms with E-state index in [1.807, 2.05) is 0 Å². The van der Waals surface area contributed by atoms with Crippen LogP contribution in [0.25, 0.3) is 0 Å². The molecule has 0 bridgehead atoms. The molecule has 2 aromatic carbocycles. The molecule has 1 heterocycles. The predicted octanol–water partition coefficient (Wildman–Crippen LogP) is 4.62. The maximum absolute atomic E-state index is 13.0. The van der Waals surface area contributed by atoms with Crippen molar-refractivity contribution in [3.63, 3.8) is 0 Å². The van der Waals surface area contributed by atoms with Crippen LogP contribution in [0.3, 0.4) is 0 Å². The summed E-state index contributed by atoms with van der Waals surface area (Å²) in [5, 5.41) is 3.03. The van der Waals surface area contributed by atoms with Gasteiger partial charge in [-0.2, -0.15) is 0 Å². The first-order chi connectivity index (χ1) is 14.2. The summed E-state index contributed by atoms with van der Waals surface area (Å²) >= 11 is 0. The number of imidazole rings is 1. The van der Waals surface area contributed by atoms with Crippen molar-refractivity contribution in [3.05, 3.63) is 83.4 Å². The second-order valence-corrected chi connectivity index (χ2v) is 9.13. The van der Waals surface area contributed by atoms with E-state index in [-0.39, 0.29) is 17.1 Å². The molecule has 1 amide bonds. The summed E-state index contributed by atoms with van der Waals surface area (Å²) < 4.78 is 1.69. The molecule has 0 atom stereocenters. The monoisotopic (exact) mass is 401 g/mol. The van der Waals surface area contributed by atoms with Crippen LogP contribution in [-0.4, -0.2) is 21.2 Å². The highest BCUT2D eigenvalue weighted by atomic mass is 16.2. The number of nitrogens with zero attached hydrogens (tertiary/aromatic N) is 2. The molecule has 30 heavy (non-hydrogen) atoms. The fraction of sp³-hybridized carbons (Fsp3) is 0.320. The minimum Gasteiger partial charge on any atom is -0.331 e. The Morgan fingerprint density at radius 1 is 1.00 bits per heavy atom. The third-order valence-corrected chi connectivity index (χ3v) is 5.92. The summed E-state index contributed by atoms with van der Waals surface area (Å²) in [6, 6.07) is 15.4. The van der Waals surface area contributed by atoms with Crippen LogP contribution >= 0.6 is 0 Å². The summed E-state index contributed by atoms with van der Waals surface area (Å²) in [4.78, 5) is 29.7. The molecule has 1 N–H and O–H groups in total. The van der Waals surface area contributed by atoms with Crippen molar-refractivity contribution in [2.45, 2.75) is 44.4 Å². The zero-order valence-corrected chi connectivity index (χ0v) is 17.9. The molecule has 0 saturated heterocycles. The van der Waals surface area contributed by atoms with E-state index in [9.17, 15) is 9.59 Å². The number of aromatic nitrogens is 2. The number of benzene rings is 2. The Bertz CT molecular complexity index is 1080. The van der Waals surface area contributed by atoms with Crippen LogP contribution in [0.5, 0.6) is 0 Å². The van der Waals surface area contributed by atoms with E-state index in [0.29, 0.717) is 17.1 Å². The first-order valence-corrected chi connectivity index (χ1v) is 10.3. The number of rotatable bonds is 5. The smallest absolute Gasteiger partial charge is 0.235 e. The van der Waals surface area contributed by atoms with Crippen LogP contribution in [0.1, 0.15) is 60.9 Å². The third-order valence-electron chi connectivity index (χ3n) is 5.92. The summed E-state index contributed by atoms with van der Waals surface area (Å²) in [5.74, 6) is 0.259. The van der Waals surface area contributed by atoms with Crippen LogP contribution in [-0.2, 0) is 22.7 Å². The third kappa shape index (κ3) is 3.67. The quantitative estimate of drug-likeness (QED) is 0.635. The zero-order valence-electron chi connectivity index (χ0n) is 17.9. The Kier molecular flexibility index (Phi) is 4.85. The van der Waals surface area contributed by atoms with Gasteiger partial charge in [0.25, 0.3) is 0 Å². The lowest BCUT2D eigenvalue weighted by molar-refractivity contribution is -0.118. The van der Waals surface area contributed by atoms with Gasteiger partial charge in [-0.25, -0.2) is 4.98 Å². The highest BCUT2D eigenvalue weighted by Gasteiger charge is 2.51. The van der Waals surface area contributed by atoms with E-state index in [1.54, 1.807) is 48.3 Å². The number of carbonyl (C=O) groups excluding carboxylic acids is 2. The molecule has 154 valence electrons. The maximum Gasteiger partial charge on any atom is 0.235 e. The van der Waals surface area contributed by atoms with E-state index >= 15 is 0 Å². The van der Waals surface area contributed by atoms with E-state index < -0.39 is 5.41 Å². The number of hydrogen-bond acceptors (Lipinski definition) is 3. The average molecular weight is 402 g/mol. The number of hydrogen-bond donors (Lipinski definition) is 1. The molecule has 5 nitrogen and oxygen atoms in total. The standard InChI is InChI=1S/C25H27N3O2/c1-24(2,3)18-7-9-19(10-8-18)25(13-14-25)23(30)27-20-11-5-17(6-12-20)21(29)22-26-15-16-28(22)4/h5-12,15-16H,13-14H2,1-4H3,(H,27,30). The number of nitrogens with one attached hydrogen (secondary N) is 1. The highest BCUT2D eigenvalue weighted by molar-refractivity contribution is 6.07. The molecule has 1 aromatic heterocycles. The molecular weight excluding hydrogens is 374 g/mol. The molecule has 3 aromatic rings. The number of anilines is 1. The fourth-order valence-electron chi connectivity index (χ4n) is 3.73. The Labute approximate surface area is 177 Å². The van der Waals surface area contributed by atoms with Crippen molar-refractivity contribution < 1.29 is 9.59 Å². The van der Waals surface area contributed by atoms with Gasteiger partial charge in [-0.3, -0.25) is 9.59 Å². The van der Waals surface area contributed by atoms with Gasteiger partial charge in [0.05, 0.1) is 5.41 Å². The predicted molar refractivity (Wildman–Crippen MR) is 118 cm³/mol. The van der Waals surface area contributed by atoms with Crippen molar-refractivity contribution in [2.24, 2.45) is 7.05 Å². The summed E-state index contributed by atoms with van der Waals surface area (Å²) in [6.45, 7) is 6.55. The van der Waals surface area contributed by atoms with Gasteiger partial charge < -0.3 is 9.88 Å².